The number of nitrogen functional groups attached to an aromatic ring is 1. The fourth-order valence-electron chi connectivity index (χ4n) is 2.10. The number of hydrogen-bond acceptors (Lipinski definition) is 4. The van der Waals surface area contributed by atoms with E-state index in [0.29, 0.717) is 6.42 Å². The quantitative estimate of drug-likeness (QED) is 0.806. The summed E-state index contributed by atoms with van der Waals surface area (Å²) < 4.78 is 12.5. The minimum absolute atomic E-state index is 0.0184. The Hall–Kier alpha value is -2.15. The lowest BCUT2D eigenvalue weighted by atomic mass is 10.2. The van der Waals surface area contributed by atoms with Crippen LogP contribution in [0.4, 0.5) is 10.1 Å². The molecule has 0 aromatic heterocycles. The molecule has 1 aromatic carbocycles. The highest BCUT2D eigenvalue weighted by Gasteiger charge is 2.18. The number of aryl methyl sites for hydroxylation is 1. The number of rotatable bonds is 3. The maximum atomic E-state index is 12.5. The van der Waals surface area contributed by atoms with Crippen LogP contribution in [0.25, 0.3) is 0 Å². The van der Waals surface area contributed by atoms with Gasteiger partial charge in [0.2, 0.25) is 11.8 Å². The maximum absolute atomic E-state index is 12.5. The molecular weight excluding hydrogens is 311 g/mol. The molecule has 1 fully saturated rings. The Morgan fingerprint density at radius 1 is 1.25 bits per heavy atom. The van der Waals surface area contributed by atoms with Crippen molar-refractivity contribution < 1.29 is 14.0 Å². The van der Waals surface area contributed by atoms with Gasteiger partial charge in [0, 0.05) is 32.6 Å². The summed E-state index contributed by atoms with van der Waals surface area (Å²) in [6, 6.07) is 4.75. The molecule has 0 spiro atoms. The van der Waals surface area contributed by atoms with Crippen LogP contribution in [0.3, 0.4) is 0 Å². The summed E-state index contributed by atoms with van der Waals surface area (Å²) in [5, 5.41) is 2.60. The molecule has 2 amide bonds. The number of amides is 2. The Bertz CT molecular complexity index is 558. The molecule has 1 aliphatic heterocycles. The van der Waals surface area contributed by atoms with Crippen LogP contribution in [-0.4, -0.2) is 61.4 Å². The van der Waals surface area contributed by atoms with Crippen molar-refractivity contribution in [2.24, 2.45) is 0 Å². The van der Waals surface area contributed by atoms with Gasteiger partial charge >= 0.3 is 0 Å². The number of nitrogens with two attached hydrogens (primary N) is 1. The molecule has 7 heteroatoms. The van der Waals surface area contributed by atoms with Crippen molar-refractivity contribution in [3.05, 3.63) is 29.6 Å². The molecule has 0 atom stereocenters. The van der Waals surface area contributed by atoms with Crippen LogP contribution in [0, 0.1) is 12.7 Å². The molecular formula is C17H27FN4O2. The molecule has 134 valence electrons. The summed E-state index contributed by atoms with van der Waals surface area (Å²) >= 11 is 0. The van der Waals surface area contributed by atoms with Crippen LogP contribution in [0.15, 0.2) is 18.2 Å². The van der Waals surface area contributed by atoms with Crippen molar-refractivity contribution in [2.45, 2.75) is 20.3 Å². The summed E-state index contributed by atoms with van der Waals surface area (Å²) in [7, 11) is 2.04. The second-order valence-corrected chi connectivity index (χ2v) is 5.84. The number of nitrogens with zero attached hydrogens (tertiary/aromatic N) is 2. The summed E-state index contributed by atoms with van der Waals surface area (Å²) in [5.41, 5.74) is 6.31. The van der Waals surface area contributed by atoms with E-state index in [1.807, 2.05) is 14.0 Å². The average Bonchev–Trinajstić information content (AvgIpc) is 2.57. The number of carbonyl (C=O) groups is 2. The van der Waals surface area contributed by atoms with E-state index >= 15 is 0 Å². The number of nitrogens with one attached hydrogen (secondary N) is 1. The van der Waals surface area contributed by atoms with Crippen molar-refractivity contribution in [3.8, 4) is 0 Å². The third-order valence-corrected chi connectivity index (χ3v) is 3.77. The molecule has 1 heterocycles. The van der Waals surface area contributed by atoms with Gasteiger partial charge in [-0.05, 0) is 31.7 Å². The third kappa shape index (κ3) is 6.95. The summed E-state index contributed by atoms with van der Waals surface area (Å²) in [6.45, 7) is 7.07. The molecule has 6 nitrogen and oxygen atoms in total. The number of likely N-dealkylation sites (N-methyl/N-ethyl adjacent to an activating group) is 1. The van der Waals surface area contributed by atoms with Crippen LogP contribution in [0.2, 0.25) is 0 Å². The molecule has 0 saturated carbocycles. The van der Waals surface area contributed by atoms with Crippen LogP contribution in [-0.2, 0) is 9.59 Å². The van der Waals surface area contributed by atoms with Gasteiger partial charge in [0.05, 0.1) is 12.2 Å². The lowest BCUT2D eigenvalue weighted by Crippen LogP contribution is -2.50. The molecule has 0 aliphatic carbocycles. The van der Waals surface area contributed by atoms with Crippen LogP contribution < -0.4 is 11.1 Å². The fourth-order valence-corrected chi connectivity index (χ4v) is 2.10. The van der Waals surface area contributed by atoms with E-state index in [4.69, 9.17) is 5.73 Å². The number of benzene rings is 1. The van der Waals surface area contributed by atoms with Gasteiger partial charge in [-0.1, -0.05) is 13.0 Å². The topological polar surface area (TPSA) is 78.7 Å². The van der Waals surface area contributed by atoms with Crippen molar-refractivity contribution in [1.29, 1.82) is 0 Å². The zero-order valence-corrected chi connectivity index (χ0v) is 14.6. The van der Waals surface area contributed by atoms with Gasteiger partial charge < -0.3 is 20.9 Å². The lowest BCUT2D eigenvalue weighted by molar-refractivity contribution is -0.134. The van der Waals surface area contributed by atoms with E-state index in [-0.39, 0.29) is 29.9 Å². The Morgan fingerprint density at radius 2 is 1.88 bits per heavy atom. The minimum atomic E-state index is -0.338. The SMILES string of the molecule is CCC(=O)NCC(=O)N1CCN(C)CC1.Cc1ccc(N)c(F)c1. The minimum Gasteiger partial charge on any atom is -0.396 e. The smallest absolute Gasteiger partial charge is 0.242 e. The monoisotopic (exact) mass is 338 g/mol. The van der Waals surface area contributed by atoms with Crippen LogP contribution in [0.1, 0.15) is 18.9 Å². The van der Waals surface area contributed by atoms with Gasteiger partial charge in [-0.3, -0.25) is 9.59 Å². The predicted octanol–water partition coefficient (Wildman–Crippen LogP) is 1.00. The van der Waals surface area contributed by atoms with Crippen molar-refractivity contribution in [1.82, 2.24) is 15.1 Å². The van der Waals surface area contributed by atoms with Gasteiger partial charge in [0.1, 0.15) is 5.82 Å². The zero-order chi connectivity index (χ0) is 18.1. The van der Waals surface area contributed by atoms with Crippen LogP contribution in [0.5, 0.6) is 0 Å². The molecule has 24 heavy (non-hydrogen) atoms. The highest BCUT2D eigenvalue weighted by molar-refractivity contribution is 5.84. The Kier molecular flexibility index (Phi) is 8.18. The maximum Gasteiger partial charge on any atom is 0.242 e. The molecule has 1 aromatic rings. The van der Waals surface area contributed by atoms with Gasteiger partial charge in [-0.25, -0.2) is 4.39 Å². The Balaban J connectivity index is 0.000000272. The van der Waals surface area contributed by atoms with Crippen molar-refractivity contribution >= 4 is 17.5 Å². The summed E-state index contributed by atoms with van der Waals surface area (Å²) in [4.78, 5) is 26.6. The van der Waals surface area contributed by atoms with E-state index < -0.39 is 0 Å². The molecule has 0 bridgehead atoms. The lowest BCUT2D eigenvalue weighted by Gasteiger charge is -2.32. The van der Waals surface area contributed by atoms with Gasteiger partial charge in [0.25, 0.3) is 0 Å². The van der Waals surface area contributed by atoms with Gasteiger partial charge in [-0.2, -0.15) is 0 Å². The first-order chi connectivity index (χ1) is 11.3. The number of anilines is 1. The largest absolute Gasteiger partial charge is 0.396 e. The second kappa shape index (κ2) is 9.87. The normalized spacial score (nSPS) is 14.6. The summed E-state index contributed by atoms with van der Waals surface area (Å²) in [6.07, 6.45) is 0.427. The fraction of sp³-hybridized carbons (Fsp3) is 0.529. The molecule has 1 saturated heterocycles. The average molecular weight is 338 g/mol. The molecule has 0 unspecified atom stereocenters. The Labute approximate surface area is 142 Å². The van der Waals surface area contributed by atoms with E-state index in [2.05, 4.69) is 10.2 Å². The summed E-state index contributed by atoms with van der Waals surface area (Å²) in [5.74, 6) is -0.391. The molecule has 0 radical (unpaired) electrons. The highest BCUT2D eigenvalue weighted by atomic mass is 19.1. The van der Waals surface area contributed by atoms with Crippen LogP contribution >= 0.6 is 0 Å². The zero-order valence-electron chi connectivity index (χ0n) is 14.6. The van der Waals surface area contributed by atoms with E-state index in [1.165, 1.54) is 6.07 Å². The predicted molar refractivity (Wildman–Crippen MR) is 92.9 cm³/mol. The molecule has 3 N–H and O–H groups in total. The van der Waals surface area contributed by atoms with E-state index in [0.717, 1.165) is 31.7 Å². The third-order valence-electron chi connectivity index (χ3n) is 3.77. The van der Waals surface area contributed by atoms with Crippen molar-refractivity contribution in [3.63, 3.8) is 0 Å². The number of piperazine rings is 1. The van der Waals surface area contributed by atoms with E-state index in [9.17, 15) is 14.0 Å². The van der Waals surface area contributed by atoms with Gasteiger partial charge in [0.15, 0.2) is 0 Å². The number of hydrogen-bond donors (Lipinski definition) is 2. The first-order valence-corrected chi connectivity index (χ1v) is 8.08. The first-order valence-electron chi connectivity index (χ1n) is 8.08. The second-order valence-electron chi connectivity index (χ2n) is 5.84. The molecule has 1 aliphatic rings. The Morgan fingerprint density at radius 3 is 2.38 bits per heavy atom. The standard InChI is InChI=1S/C10H19N3O2.C7H8FN/c1-3-9(14)11-8-10(15)13-6-4-12(2)5-7-13;1-5-2-3-7(9)6(8)4-5/h3-8H2,1-2H3,(H,11,14);2-4H,9H2,1H3. The number of carbonyl (C=O) groups excluding carboxylic acids is 2. The highest BCUT2D eigenvalue weighted by Crippen LogP contribution is 2.10. The van der Waals surface area contributed by atoms with Gasteiger partial charge in [-0.15, -0.1) is 0 Å². The first kappa shape index (κ1) is 19.9. The number of halogens is 1. The van der Waals surface area contributed by atoms with E-state index in [1.54, 1.807) is 24.0 Å². The molecule has 2 rings (SSSR count). The van der Waals surface area contributed by atoms with Crippen molar-refractivity contribution in [2.75, 3.05) is 45.5 Å².